The molecular formula is C16H22N2O2. The molecule has 2 atom stereocenters. The molecule has 20 heavy (non-hydrogen) atoms. The van der Waals surface area contributed by atoms with Gasteiger partial charge in [-0.05, 0) is 48.8 Å². The first-order valence-electron chi connectivity index (χ1n) is 7.50. The van der Waals surface area contributed by atoms with E-state index in [0.29, 0.717) is 18.0 Å². The molecule has 0 spiro atoms. The van der Waals surface area contributed by atoms with Crippen molar-refractivity contribution < 1.29 is 4.42 Å². The van der Waals surface area contributed by atoms with Crippen LogP contribution in [0.15, 0.2) is 27.4 Å². The Labute approximate surface area is 118 Å². The molecule has 1 aromatic carbocycles. The van der Waals surface area contributed by atoms with Gasteiger partial charge in [0.1, 0.15) is 0 Å². The summed E-state index contributed by atoms with van der Waals surface area (Å²) in [4.78, 5) is 11.8. The maximum atomic E-state index is 11.8. The number of fused-ring (bicyclic) bond motifs is 1. The molecule has 1 fully saturated rings. The Morgan fingerprint density at radius 1 is 1.45 bits per heavy atom. The summed E-state index contributed by atoms with van der Waals surface area (Å²) in [5, 5.41) is 0. The van der Waals surface area contributed by atoms with Gasteiger partial charge in [-0.2, -0.15) is 0 Å². The molecule has 108 valence electrons. The van der Waals surface area contributed by atoms with Crippen LogP contribution in [0.25, 0.3) is 11.1 Å². The lowest BCUT2D eigenvalue weighted by Gasteiger charge is -2.19. The Kier molecular flexibility index (Phi) is 3.42. The van der Waals surface area contributed by atoms with Crippen LogP contribution in [0.5, 0.6) is 0 Å². The van der Waals surface area contributed by atoms with Crippen molar-refractivity contribution >= 4 is 11.1 Å². The lowest BCUT2D eigenvalue weighted by Crippen LogP contribution is -2.20. The van der Waals surface area contributed by atoms with Gasteiger partial charge >= 0.3 is 5.76 Å². The fourth-order valence-corrected chi connectivity index (χ4v) is 2.94. The highest BCUT2D eigenvalue weighted by Crippen LogP contribution is 2.41. The first kappa shape index (κ1) is 13.4. The minimum atomic E-state index is -0.275. The maximum Gasteiger partial charge on any atom is 0.419 e. The van der Waals surface area contributed by atoms with E-state index in [1.807, 2.05) is 25.1 Å². The van der Waals surface area contributed by atoms with Gasteiger partial charge in [-0.25, -0.2) is 4.79 Å². The summed E-state index contributed by atoms with van der Waals surface area (Å²) in [7, 11) is 0. The summed E-state index contributed by atoms with van der Waals surface area (Å²) in [6.45, 7) is 4.95. The van der Waals surface area contributed by atoms with E-state index in [1.54, 1.807) is 4.57 Å². The minimum absolute atomic E-state index is 0.0201. The van der Waals surface area contributed by atoms with Gasteiger partial charge < -0.3 is 10.2 Å². The monoisotopic (exact) mass is 274 g/mol. The molecule has 2 N–H and O–H groups in total. The van der Waals surface area contributed by atoms with E-state index in [2.05, 4.69) is 6.92 Å². The van der Waals surface area contributed by atoms with Crippen molar-refractivity contribution in [2.24, 2.45) is 17.6 Å². The Morgan fingerprint density at radius 2 is 2.20 bits per heavy atom. The molecule has 0 bridgehead atoms. The summed E-state index contributed by atoms with van der Waals surface area (Å²) >= 11 is 0. The van der Waals surface area contributed by atoms with Crippen LogP contribution < -0.4 is 11.5 Å². The van der Waals surface area contributed by atoms with Gasteiger partial charge in [-0.1, -0.05) is 19.9 Å². The van der Waals surface area contributed by atoms with E-state index < -0.39 is 0 Å². The van der Waals surface area contributed by atoms with Gasteiger partial charge in [0.05, 0.1) is 5.52 Å². The number of oxazole rings is 1. The lowest BCUT2D eigenvalue weighted by molar-refractivity contribution is 0.417. The van der Waals surface area contributed by atoms with Crippen molar-refractivity contribution in [2.45, 2.75) is 45.7 Å². The highest BCUT2D eigenvalue weighted by Gasteiger charge is 2.32. The van der Waals surface area contributed by atoms with Crippen LogP contribution in [0.1, 0.15) is 44.7 Å². The van der Waals surface area contributed by atoms with E-state index in [1.165, 1.54) is 12.8 Å². The van der Waals surface area contributed by atoms with Gasteiger partial charge in [0, 0.05) is 12.6 Å². The largest absolute Gasteiger partial charge is 0.419 e. The molecule has 2 aromatic rings. The Hall–Kier alpha value is -1.55. The fourth-order valence-electron chi connectivity index (χ4n) is 2.94. The number of nitrogens with two attached hydrogens (primary N) is 1. The van der Waals surface area contributed by atoms with E-state index >= 15 is 0 Å². The van der Waals surface area contributed by atoms with Crippen LogP contribution in [0.3, 0.4) is 0 Å². The normalized spacial score (nSPS) is 18.4. The predicted molar refractivity (Wildman–Crippen MR) is 79.6 cm³/mol. The molecule has 1 saturated carbocycles. The molecule has 0 aliphatic heterocycles. The summed E-state index contributed by atoms with van der Waals surface area (Å²) in [6.07, 6.45) is 3.49. The molecule has 2 unspecified atom stereocenters. The van der Waals surface area contributed by atoms with Gasteiger partial charge in [0.15, 0.2) is 5.58 Å². The van der Waals surface area contributed by atoms with Gasteiger partial charge in [-0.15, -0.1) is 0 Å². The Balaban J connectivity index is 1.96. The third-order valence-corrected chi connectivity index (χ3v) is 4.46. The van der Waals surface area contributed by atoms with Crippen molar-refractivity contribution in [3.05, 3.63) is 34.3 Å². The fraction of sp³-hybridized carbons (Fsp3) is 0.562. The number of hydrogen-bond donors (Lipinski definition) is 1. The number of rotatable bonds is 5. The highest BCUT2D eigenvalue weighted by molar-refractivity contribution is 5.74. The van der Waals surface area contributed by atoms with Crippen LogP contribution in [0.4, 0.5) is 0 Å². The quantitative estimate of drug-likeness (QED) is 0.911. The molecule has 4 heteroatoms. The van der Waals surface area contributed by atoms with E-state index in [-0.39, 0.29) is 11.8 Å². The number of aryl methyl sites for hydroxylation is 1. The average Bonchev–Trinajstić information content (AvgIpc) is 3.24. The molecule has 0 saturated heterocycles. The van der Waals surface area contributed by atoms with Gasteiger partial charge in [0.2, 0.25) is 0 Å². The maximum absolute atomic E-state index is 11.8. The molecule has 1 aliphatic rings. The van der Waals surface area contributed by atoms with Crippen molar-refractivity contribution in [1.82, 2.24) is 4.57 Å². The zero-order chi connectivity index (χ0) is 14.3. The van der Waals surface area contributed by atoms with Crippen LogP contribution in [0, 0.1) is 11.8 Å². The zero-order valence-corrected chi connectivity index (χ0v) is 12.1. The second kappa shape index (κ2) is 5.09. The Morgan fingerprint density at radius 3 is 2.85 bits per heavy atom. The summed E-state index contributed by atoms with van der Waals surface area (Å²) in [5.74, 6) is 0.970. The van der Waals surface area contributed by atoms with Crippen LogP contribution in [-0.4, -0.2) is 4.57 Å². The SMILES string of the molecule is CCCn1c(=O)oc2cc(C(N)C(C)C3CC3)ccc21. The minimum Gasteiger partial charge on any atom is -0.408 e. The van der Waals surface area contributed by atoms with Gasteiger partial charge in [-0.3, -0.25) is 4.57 Å². The van der Waals surface area contributed by atoms with E-state index in [9.17, 15) is 4.79 Å². The summed E-state index contributed by atoms with van der Waals surface area (Å²) < 4.78 is 7.04. The third-order valence-electron chi connectivity index (χ3n) is 4.46. The molecule has 1 heterocycles. The predicted octanol–water partition coefficient (Wildman–Crippen LogP) is 3.05. The Bertz CT molecular complexity index is 667. The number of hydrogen-bond acceptors (Lipinski definition) is 3. The van der Waals surface area contributed by atoms with Crippen molar-refractivity contribution in [1.29, 1.82) is 0 Å². The molecule has 1 aliphatic carbocycles. The summed E-state index contributed by atoms with van der Waals surface area (Å²) in [5.41, 5.74) is 8.93. The van der Waals surface area contributed by atoms with E-state index in [4.69, 9.17) is 10.2 Å². The molecule has 0 amide bonds. The number of aromatic nitrogens is 1. The average molecular weight is 274 g/mol. The van der Waals surface area contributed by atoms with E-state index in [0.717, 1.165) is 23.4 Å². The van der Waals surface area contributed by atoms with Crippen LogP contribution >= 0.6 is 0 Å². The van der Waals surface area contributed by atoms with Crippen LogP contribution in [0.2, 0.25) is 0 Å². The zero-order valence-electron chi connectivity index (χ0n) is 12.1. The second-order valence-corrected chi connectivity index (χ2v) is 5.97. The van der Waals surface area contributed by atoms with Crippen molar-refractivity contribution in [2.75, 3.05) is 0 Å². The molecule has 4 nitrogen and oxygen atoms in total. The standard InChI is InChI=1S/C16H22N2O2/c1-3-8-18-13-7-6-12(9-14(13)20-16(18)19)15(17)10(2)11-4-5-11/h6-7,9-11,15H,3-5,8,17H2,1-2H3. The van der Waals surface area contributed by atoms with Crippen LogP contribution in [-0.2, 0) is 6.54 Å². The topological polar surface area (TPSA) is 61.2 Å². The molecule has 0 radical (unpaired) electrons. The number of nitrogens with zero attached hydrogens (tertiary/aromatic N) is 1. The first-order chi connectivity index (χ1) is 9.61. The molecular weight excluding hydrogens is 252 g/mol. The lowest BCUT2D eigenvalue weighted by atomic mass is 9.91. The smallest absolute Gasteiger partial charge is 0.408 e. The molecule has 3 rings (SSSR count). The highest BCUT2D eigenvalue weighted by atomic mass is 16.4. The van der Waals surface area contributed by atoms with Crippen molar-refractivity contribution in [3.8, 4) is 0 Å². The summed E-state index contributed by atoms with van der Waals surface area (Å²) in [6, 6.07) is 5.95. The van der Waals surface area contributed by atoms with Crippen molar-refractivity contribution in [3.63, 3.8) is 0 Å². The number of benzene rings is 1. The second-order valence-electron chi connectivity index (χ2n) is 5.97. The first-order valence-corrected chi connectivity index (χ1v) is 7.50. The third kappa shape index (κ3) is 2.29. The molecule has 1 aromatic heterocycles. The van der Waals surface area contributed by atoms with Gasteiger partial charge in [0.25, 0.3) is 0 Å².